The molecule has 0 spiro atoms. The van der Waals surface area contributed by atoms with E-state index in [1.54, 1.807) is 0 Å². The normalized spacial score (nSPS) is 21.1. The lowest BCUT2D eigenvalue weighted by atomic mass is 10.1. The van der Waals surface area contributed by atoms with E-state index in [1.165, 1.54) is 0 Å². The van der Waals surface area contributed by atoms with Crippen LogP contribution in [-0.4, -0.2) is 35.1 Å². The van der Waals surface area contributed by atoms with Crippen LogP contribution in [0.4, 0.5) is 0 Å². The van der Waals surface area contributed by atoms with Crippen LogP contribution in [0.1, 0.15) is 24.8 Å². The average molecular weight is 435 g/mol. The fourth-order valence-electron chi connectivity index (χ4n) is 2.17. The van der Waals surface area contributed by atoms with Crippen molar-refractivity contribution < 1.29 is 14.3 Å². The molecule has 1 fully saturated rings. The Morgan fingerprint density at radius 3 is 2.77 bits per heavy atom. The molecule has 1 aliphatic heterocycles. The number of hydrogen-bond donors (Lipinski definition) is 1. The van der Waals surface area contributed by atoms with Gasteiger partial charge in [-0.3, -0.25) is 4.79 Å². The van der Waals surface area contributed by atoms with E-state index in [4.69, 9.17) is 9.47 Å². The van der Waals surface area contributed by atoms with Gasteiger partial charge in [0.25, 0.3) is 0 Å². The lowest BCUT2D eigenvalue weighted by molar-refractivity contribution is -0.167. The number of carbonyl (C=O) groups is 1. The summed E-state index contributed by atoms with van der Waals surface area (Å²) in [5.74, 6) is -0.0935. The third-order valence-electron chi connectivity index (χ3n) is 3.55. The van der Waals surface area contributed by atoms with Gasteiger partial charge in [-0.15, -0.1) is 0 Å². The fraction of sp³-hybridized carbons (Fsp3) is 0.562. The van der Waals surface area contributed by atoms with E-state index in [9.17, 15) is 4.79 Å². The lowest BCUT2D eigenvalue weighted by Crippen LogP contribution is -2.47. The van der Waals surface area contributed by atoms with Gasteiger partial charge in [-0.1, -0.05) is 62.2 Å². The smallest absolute Gasteiger partial charge is 0.240 e. The van der Waals surface area contributed by atoms with Crippen molar-refractivity contribution in [3.05, 3.63) is 35.9 Å². The van der Waals surface area contributed by atoms with Crippen molar-refractivity contribution in [2.24, 2.45) is 0 Å². The zero-order valence-electron chi connectivity index (χ0n) is 12.4. The van der Waals surface area contributed by atoms with E-state index in [0.29, 0.717) is 11.9 Å². The van der Waals surface area contributed by atoms with Gasteiger partial charge in [0.2, 0.25) is 5.91 Å². The van der Waals surface area contributed by atoms with E-state index >= 15 is 0 Å². The molecule has 1 amide bonds. The van der Waals surface area contributed by atoms with Crippen LogP contribution < -0.4 is 5.32 Å². The molecule has 0 bridgehead atoms. The maximum absolute atomic E-state index is 12.4. The van der Waals surface area contributed by atoms with Crippen molar-refractivity contribution in [2.45, 2.75) is 36.4 Å². The Kier molecular flexibility index (Phi) is 7.34. The number of amides is 1. The first-order valence-corrected chi connectivity index (χ1v) is 9.36. The number of nitrogens with one attached hydrogen (secondary N) is 1. The number of ether oxygens (including phenoxy) is 2. The van der Waals surface area contributed by atoms with Gasteiger partial charge >= 0.3 is 0 Å². The van der Waals surface area contributed by atoms with Crippen molar-refractivity contribution in [3.63, 3.8) is 0 Å². The Hall–Kier alpha value is -0.430. The minimum absolute atomic E-state index is 0.0935. The second-order valence-electron chi connectivity index (χ2n) is 5.37. The van der Waals surface area contributed by atoms with Crippen LogP contribution in [0, 0.1) is 0 Å². The number of halogens is 2. The highest BCUT2D eigenvalue weighted by molar-refractivity contribution is 9.12. The van der Waals surface area contributed by atoms with Crippen molar-refractivity contribution in [1.82, 2.24) is 5.32 Å². The number of hydrogen-bond acceptors (Lipinski definition) is 3. The van der Waals surface area contributed by atoms with Gasteiger partial charge in [-0.05, 0) is 24.8 Å². The Morgan fingerprint density at radius 1 is 1.36 bits per heavy atom. The summed E-state index contributed by atoms with van der Waals surface area (Å²) in [5, 5.41) is 3.41. The third-order valence-corrected chi connectivity index (χ3v) is 6.13. The molecule has 1 saturated heterocycles. The molecule has 1 aliphatic rings. The molecule has 2 unspecified atom stereocenters. The molecule has 122 valence electrons. The molecule has 2 atom stereocenters. The quantitative estimate of drug-likeness (QED) is 0.669. The molecule has 1 aromatic carbocycles. The first kappa shape index (κ1) is 17.9. The molecule has 0 aliphatic carbocycles. The van der Waals surface area contributed by atoms with Crippen LogP contribution in [0.5, 0.6) is 0 Å². The van der Waals surface area contributed by atoms with Gasteiger partial charge in [-0.2, -0.15) is 0 Å². The van der Waals surface area contributed by atoms with Crippen molar-refractivity contribution >= 4 is 37.8 Å². The summed E-state index contributed by atoms with van der Waals surface area (Å²) in [6.07, 6.45) is 2.87. The topological polar surface area (TPSA) is 47.6 Å². The molecule has 1 heterocycles. The highest BCUT2D eigenvalue weighted by atomic mass is 79.9. The molecule has 0 saturated carbocycles. The van der Waals surface area contributed by atoms with Crippen LogP contribution in [0.3, 0.4) is 0 Å². The van der Waals surface area contributed by atoms with Crippen LogP contribution >= 0.6 is 31.9 Å². The van der Waals surface area contributed by atoms with E-state index in [1.807, 2.05) is 30.3 Å². The van der Waals surface area contributed by atoms with Crippen molar-refractivity contribution in [3.8, 4) is 0 Å². The van der Waals surface area contributed by atoms with Crippen molar-refractivity contribution in [2.75, 3.05) is 18.5 Å². The predicted molar refractivity (Wildman–Crippen MR) is 93.3 cm³/mol. The average Bonchev–Trinajstić information content (AvgIpc) is 2.59. The summed E-state index contributed by atoms with van der Waals surface area (Å²) in [4.78, 5) is 12.4. The number of alkyl halides is 2. The number of benzene rings is 1. The molecule has 1 aromatic rings. The molecule has 2 rings (SSSR count). The van der Waals surface area contributed by atoms with Crippen molar-refractivity contribution in [1.29, 1.82) is 0 Å². The first-order valence-electron chi connectivity index (χ1n) is 7.44. The van der Waals surface area contributed by atoms with Crippen LogP contribution in [0.2, 0.25) is 0 Å². The minimum Gasteiger partial charge on any atom is -0.353 e. The first-order chi connectivity index (χ1) is 10.6. The third kappa shape index (κ3) is 5.33. The summed E-state index contributed by atoms with van der Waals surface area (Å²) in [6.45, 7) is 1.50. The number of carbonyl (C=O) groups excluding carboxylic acids is 1. The van der Waals surface area contributed by atoms with Crippen LogP contribution in [0.15, 0.2) is 30.3 Å². The second kappa shape index (κ2) is 9.01. The summed E-state index contributed by atoms with van der Waals surface area (Å²) in [7, 11) is 0. The van der Waals surface area contributed by atoms with Gasteiger partial charge in [-0.25, -0.2) is 0 Å². The Balaban J connectivity index is 1.83. The maximum Gasteiger partial charge on any atom is 0.240 e. The Bertz CT molecular complexity index is 466. The van der Waals surface area contributed by atoms with E-state index in [2.05, 4.69) is 37.2 Å². The fourth-order valence-corrected chi connectivity index (χ4v) is 2.86. The monoisotopic (exact) mass is 433 g/mol. The highest BCUT2D eigenvalue weighted by Crippen LogP contribution is 2.24. The standard InChI is InChI=1S/C16H21Br2NO3/c17-11-16(18,12-22-14-8-4-5-9-21-14)15(20)19-10-13-6-2-1-3-7-13/h1-3,6-7,14H,4-5,8-12H2,(H,19,20). The minimum atomic E-state index is -0.789. The summed E-state index contributed by atoms with van der Waals surface area (Å²) < 4.78 is 10.5. The van der Waals surface area contributed by atoms with Crippen LogP contribution in [-0.2, 0) is 20.8 Å². The molecular weight excluding hydrogens is 414 g/mol. The van der Waals surface area contributed by atoms with Gasteiger partial charge in [0.05, 0.1) is 6.61 Å². The molecule has 22 heavy (non-hydrogen) atoms. The molecule has 1 N–H and O–H groups in total. The Labute approximate surface area is 148 Å². The zero-order chi connectivity index (χ0) is 15.8. The lowest BCUT2D eigenvalue weighted by Gasteiger charge is -2.28. The zero-order valence-corrected chi connectivity index (χ0v) is 15.6. The van der Waals surface area contributed by atoms with E-state index in [-0.39, 0.29) is 18.8 Å². The van der Waals surface area contributed by atoms with Gasteiger partial charge in [0.1, 0.15) is 4.32 Å². The van der Waals surface area contributed by atoms with Gasteiger partial charge < -0.3 is 14.8 Å². The van der Waals surface area contributed by atoms with Crippen LogP contribution in [0.25, 0.3) is 0 Å². The SMILES string of the molecule is O=C(NCc1ccccc1)C(Br)(CBr)COC1CCCCO1. The summed E-state index contributed by atoms with van der Waals surface area (Å²) >= 11 is 6.91. The summed E-state index contributed by atoms with van der Waals surface area (Å²) in [5.41, 5.74) is 1.07. The second-order valence-corrected chi connectivity index (χ2v) is 7.45. The number of rotatable bonds is 7. The molecule has 0 radical (unpaired) electrons. The molecule has 0 aromatic heterocycles. The summed E-state index contributed by atoms with van der Waals surface area (Å²) in [6, 6.07) is 9.83. The van der Waals surface area contributed by atoms with E-state index < -0.39 is 4.32 Å². The maximum atomic E-state index is 12.4. The van der Waals surface area contributed by atoms with E-state index in [0.717, 1.165) is 31.4 Å². The molecular formula is C16H21Br2NO3. The molecule has 4 nitrogen and oxygen atoms in total. The predicted octanol–water partition coefficient (Wildman–Crippen LogP) is 3.37. The van der Waals surface area contributed by atoms with Gasteiger partial charge in [0.15, 0.2) is 6.29 Å². The van der Waals surface area contributed by atoms with Gasteiger partial charge in [0, 0.05) is 18.5 Å². The molecule has 6 heteroatoms. The Morgan fingerprint density at radius 2 is 2.14 bits per heavy atom. The highest BCUT2D eigenvalue weighted by Gasteiger charge is 2.36. The largest absolute Gasteiger partial charge is 0.353 e.